The third-order valence-electron chi connectivity index (χ3n) is 1.92. The smallest absolute Gasteiger partial charge is 0.424 e. The number of alkyl halides is 3. The van der Waals surface area contributed by atoms with E-state index in [1.165, 1.54) is 4.13 Å². The topological polar surface area (TPSA) is 82.4 Å². The minimum absolute atomic E-state index is 1.20. The molecule has 22 heavy (non-hydrogen) atoms. The monoisotopic (exact) mass is 378 g/mol. The van der Waals surface area contributed by atoms with Crippen molar-refractivity contribution in [3.8, 4) is 0 Å². The van der Waals surface area contributed by atoms with Gasteiger partial charge >= 0.3 is 5.51 Å². The fourth-order valence-electron chi connectivity index (χ4n) is 1.02. The lowest BCUT2D eigenvalue weighted by Gasteiger charge is -2.22. The highest BCUT2D eigenvalue weighted by atomic mass is 32.3. The Morgan fingerprint density at radius 2 is 1.00 bits per heavy atom. The van der Waals surface area contributed by atoms with Gasteiger partial charge in [-0.1, -0.05) is 0 Å². The van der Waals surface area contributed by atoms with Gasteiger partial charge in [-0.3, -0.25) is 0 Å². The van der Waals surface area contributed by atoms with Gasteiger partial charge in [-0.15, -0.1) is 0 Å². The average molecular weight is 378 g/mol. The Balaban J connectivity index is 3.64. The molecule has 0 aromatic heterocycles. The largest absolute Gasteiger partial charge is 0.480 e. The summed E-state index contributed by atoms with van der Waals surface area (Å²) in [6.07, 6.45) is 0. The molecule has 0 aliphatic carbocycles. The number of hydrogen-bond donors (Lipinski definition) is 0. The first-order valence-corrected chi connectivity index (χ1v) is 7.33. The summed E-state index contributed by atoms with van der Waals surface area (Å²) in [7, 11) is -13.2. The van der Waals surface area contributed by atoms with Gasteiger partial charge in [-0.05, 0) is 0 Å². The van der Waals surface area contributed by atoms with Gasteiger partial charge in [0.1, 0.15) is 14.9 Å². The Hall–Kier alpha value is -1.48. The summed E-state index contributed by atoms with van der Waals surface area (Å²) in [5.41, 5.74) is -6.27. The van der Waals surface area contributed by atoms with E-state index in [4.69, 9.17) is 0 Å². The van der Waals surface area contributed by atoms with Crippen LogP contribution in [0.3, 0.4) is 0 Å². The summed E-state index contributed by atoms with van der Waals surface area (Å²) in [5.74, 6) is -14.5. The van der Waals surface area contributed by atoms with Crippen molar-refractivity contribution in [2.75, 3.05) is 0 Å². The van der Waals surface area contributed by atoms with E-state index in [-0.39, 0.29) is 0 Å². The van der Waals surface area contributed by atoms with Gasteiger partial charge in [0.05, 0.1) is 0 Å². The summed E-state index contributed by atoms with van der Waals surface area (Å²) in [6.45, 7) is 0. The summed E-state index contributed by atoms with van der Waals surface area (Å²) >= 11 is 0. The fourth-order valence-corrected chi connectivity index (χ4v) is 3.32. The zero-order chi connectivity index (χ0) is 17.7. The molecular formula is C7F8NO4S2-. The molecule has 1 rings (SSSR count). The highest BCUT2D eigenvalue weighted by Gasteiger charge is 2.42. The summed E-state index contributed by atoms with van der Waals surface area (Å²) in [5, 5.41) is 0. The van der Waals surface area contributed by atoms with Gasteiger partial charge in [0.2, 0.25) is 5.82 Å². The van der Waals surface area contributed by atoms with Crippen molar-refractivity contribution in [1.29, 1.82) is 0 Å². The molecule has 0 amide bonds. The van der Waals surface area contributed by atoms with E-state index in [9.17, 15) is 52.0 Å². The van der Waals surface area contributed by atoms with Gasteiger partial charge in [0.15, 0.2) is 33.3 Å². The number of rotatable bonds is 3. The van der Waals surface area contributed by atoms with Crippen LogP contribution in [0.2, 0.25) is 0 Å². The molecule has 0 heterocycles. The third-order valence-corrected chi connectivity index (χ3v) is 4.95. The Labute approximate surface area is 116 Å². The first-order valence-electron chi connectivity index (χ1n) is 4.45. The predicted molar refractivity (Wildman–Crippen MR) is 51.8 cm³/mol. The molecule has 0 fully saturated rings. The molecule has 0 aliphatic heterocycles. The zero-order valence-electron chi connectivity index (χ0n) is 9.42. The number of hydrogen-bond acceptors (Lipinski definition) is 4. The Kier molecular flexibility index (Phi) is 4.48. The molecular weight excluding hydrogens is 378 g/mol. The van der Waals surface area contributed by atoms with E-state index in [1.807, 2.05) is 0 Å². The van der Waals surface area contributed by atoms with Gasteiger partial charge in [-0.2, -0.15) is 13.2 Å². The molecule has 0 radical (unpaired) electrons. The first kappa shape index (κ1) is 18.6. The van der Waals surface area contributed by atoms with Gasteiger partial charge in [0, 0.05) is 0 Å². The van der Waals surface area contributed by atoms with Crippen LogP contribution in [0, 0.1) is 29.1 Å². The molecule has 0 unspecified atom stereocenters. The van der Waals surface area contributed by atoms with Crippen LogP contribution in [0.5, 0.6) is 0 Å². The van der Waals surface area contributed by atoms with E-state index < -0.39 is 59.5 Å². The first-order chi connectivity index (χ1) is 9.63. The molecule has 1 aromatic rings. The van der Waals surface area contributed by atoms with Crippen LogP contribution in [0.4, 0.5) is 35.1 Å². The highest BCUT2D eigenvalue weighted by molar-refractivity contribution is 8.12. The lowest BCUT2D eigenvalue weighted by Crippen LogP contribution is -2.25. The van der Waals surface area contributed by atoms with Crippen LogP contribution >= 0.6 is 0 Å². The maximum absolute atomic E-state index is 13.1. The SMILES string of the molecule is O=S(=O)([N-]S(=O)(=O)C(F)(F)F)c1c(F)c(F)c(F)c(F)c1F. The Bertz CT molecular complexity index is 800. The second-order valence-corrected chi connectivity index (χ2v) is 6.74. The third kappa shape index (κ3) is 3.00. The van der Waals surface area contributed by atoms with Crippen LogP contribution in [-0.2, 0) is 20.0 Å². The van der Waals surface area contributed by atoms with Gasteiger partial charge in [-0.25, -0.2) is 38.8 Å². The molecule has 0 bridgehead atoms. The zero-order valence-corrected chi connectivity index (χ0v) is 11.1. The lowest BCUT2D eigenvalue weighted by molar-refractivity contribution is -0.0425. The molecule has 0 atom stereocenters. The second kappa shape index (κ2) is 5.31. The predicted octanol–water partition coefficient (Wildman–Crippen LogP) is 2.29. The molecule has 0 spiro atoms. The maximum atomic E-state index is 13.1. The standard InChI is InChI=1S/C7F8NO4S2/c8-1-2(9)4(11)6(5(12)3(1)10)21(17,18)16-22(19,20)7(13,14)15/q-1. The van der Waals surface area contributed by atoms with Crippen LogP contribution in [-0.4, -0.2) is 22.3 Å². The van der Waals surface area contributed by atoms with Crippen molar-refractivity contribution in [1.82, 2.24) is 0 Å². The van der Waals surface area contributed by atoms with Crippen molar-refractivity contribution in [2.24, 2.45) is 0 Å². The Morgan fingerprint density at radius 1 is 0.682 bits per heavy atom. The molecule has 15 heteroatoms. The van der Waals surface area contributed by atoms with Crippen molar-refractivity contribution in [3.05, 3.63) is 33.2 Å². The lowest BCUT2D eigenvalue weighted by atomic mass is 10.3. The number of halogens is 8. The molecule has 0 saturated heterocycles. The summed E-state index contributed by atoms with van der Waals surface area (Å²) < 4.78 is 145. The van der Waals surface area contributed by atoms with Gasteiger partial charge in [0.25, 0.3) is 0 Å². The van der Waals surface area contributed by atoms with Gasteiger partial charge < -0.3 is 4.13 Å². The van der Waals surface area contributed by atoms with Crippen molar-refractivity contribution in [3.63, 3.8) is 0 Å². The maximum Gasteiger partial charge on any atom is 0.480 e. The molecule has 0 saturated carbocycles. The molecule has 0 aliphatic rings. The normalized spacial score (nSPS) is 13.5. The Morgan fingerprint density at radius 3 is 1.32 bits per heavy atom. The average Bonchev–Trinajstić information content (AvgIpc) is 2.31. The van der Waals surface area contributed by atoms with Crippen molar-refractivity contribution >= 4 is 20.0 Å². The van der Waals surface area contributed by atoms with Crippen molar-refractivity contribution in [2.45, 2.75) is 10.4 Å². The summed E-state index contributed by atoms with van der Waals surface area (Å²) in [6, 6.07) is 0. The molecule has 5 nitrogen and oxygen atoms in total. The summed E-state index contributed by atoms with van der Waals surface area (Å²) in [4.78, 5) is -2.82. The minimum atomic E-state index is -6.81. The van der Waals surface area contributed by atoms with Crippen LogP contribution in [0.15, 0.2) is 4.90 Å². The number of sulfonamides is 2. The van der Waals surface area contributed by atoms with E-state index in [0.717, 1.165) is 0 Å². The second-order valence-electron chi connectivity index (χ2n) is 3.37. The fraction of sp³-hybridized carbons (Fsp3) is 0.143. The quantitative estimate of drug-likeness (QED) is 0.459. The number of benzene rings is 1. The van der Waals surface area contributed by atoms with Crippen molar-refractivity contribution < 1.29 is 52.0 Å². The van der Waals surface area contributed by atoms with E-state index in [1.54, 1.807) is 0 Å². The van der Waals surface area contributed by atoms with Crippen LogP contribution < -0.4 is 0 Å². The van der Waals surface area contributed by atoms with Crippen LogP contribution in [0.1, 0.15) is 0 Å². The van der Waals surface area contributed by atoms with Crippen LogP contribution in [0.25, 0.3) is 4.13 Å². The molecule has 1 aromatic carbocycles. The van der Waals surface area contributed by atoms with E-state index in [2.05, 4.69) is 0 Å². The number of nitrogens with zero attached hydrogens (tertiary/aromatic N) is 1. The van der Waals surface area contributed by atoms with E-state index in [0.29, 0.717) is 0 Å². The van der Waals surface area contributed by atoms with E-state index >= 15 is 0 Å². The minimum Gasteiger partial charge on any atom is -0.424 e. The molecule has 0 N–H and O–H groups in total. The molecule has 126 valence electrons. The highest BCUT2D eigenvalue weighted by Crippen LogP contribution is 2.35.